The van der Waals surface area contributed by atoms with Gasteiger partial charge in [-0.15, -0.1) is 0 Å². The third kappa shape index (κ3) is 2.79. The summed E-state index contributed by atoms with van der Waals surface area (Å²) in [7, 11) is 1.60. The number of aryl methyl sites for hydroxylation is 1. The van der Waals surface area contributed by atoms with Gasteiger partial charge in [-0.1, -0.05) is 35.3 Å². The van der Waals surface area contributed by atoms with Crippen LogP contribution in [-0.4, -0.2) is 21.6 Å². The van der Waals surface area contributed by atoms with Gasteiger partial charge < -0.3 is 9.30 Å². The van der Waals surface area contributed by atoms with Gasteiger partial charge in [0.15, 0.2) is 5.52 Å². The summed E-state index contributed by atoms with van der Waals surface area (Å²) in [5.74, 6) is 1.37. The van der Waals surface area contributed by atoms with Crippen molar-refractivity contribution in [2.24, 2.45) is 0 Å². The number of nitrogens with zero attached hydrogens (tertiary/aromatic N) is 3. The maximum Gasteiger partial charge on any atom is 0.317 e. The van der Waals surface area contributed by atoms with E-state index < -0.39 is 4.92 Å². The second-order valence-electron chi connectivity index (χ2n) is 5.24. The summed E-state index contributed by atoms with van der Waals surface area (Å²) < 4.78 is 7.08. The van der Waals surface area contributed by atoms with Crippen LogP contribution < -0.4 is 4.74 Å². The topological polar surface area (TPSA) is 70.2 Å². The summed E-state index contributed by atoms with van der Waals surface area (Å²) in [6, 6.07) is 9.18. The molecule has 0 saturated heterocycles. The van der Waals surface area contributed by atoms with Crippen LogP contribution in [0.4, 0.5) is 5.69 Å². The predicted octanol–water partition coefficient (Wildman–Crippen LogP) is 4.62. The Kier molecular flexibility index (Phi) is 4.34. The molecule has 0 atom stereocenters. The van der Waals surface area contributed by atoms with E-state index in [-0.39, 0.29) is 21.2 Å². The monoisotopic (exact) mass is 365 g/mol. The molecule has 0 aliphatic carbocycles. The van der Waals surface area contributed by atoms with Gasteiger partial charge in [0.05, 0.1) is 22.6 Å². The van der Waals surface area contributed by atoms with E-state index in [9.17, 15) is 10.1 Å². The molecule has 3 rings (SSSR count). The van der Waals surface area contributed by atoms with Crippen molar-refractivity contribution in [3.05, 3.63) is 61.9 Å². The lowest BCUT2D eigenvalue weighted by molar-refractivity contribution is -0.383. The summed E-state index contributed by atoms with van der Waals surface area (Å²) in [5.41, 5.74) is 1.50. The highest BCUT2D eigenvalue weighted by Gasteiger charge is 2.25. The molecule has 24 heavy (non-hydrogen) atoms. The van der Waals surface area contributed by atoms with Crippen molar-refractivity contribution in [2.45, 2.75) is 13.5 Å². The van der Waals surface area contributed by atoms with Crippen LogP contribution in [0.25, 0.3) is 11.0 Å². The fourth-order valence-electron chi connectivity index (χ4n) is 2.62. The Morgan fingerprint density at radius 2 is 2.08 bits per heavy atom. The average molecular weight is 366 g/mol. The molecular formula is C16H13Cl2N3O3. The van der Waals surface area contributed by atoms with Gasteiger partial charge in [-0.05, 0) is 30.7 Å². The second-order valence-corrected chi connectivity index (χ2v) is 6.03. The van der Waals surface area contributed by atoms with Crippen LogP contribution in [0.1, 0.15) is 11.4 Å². The third-order valence-corrected chi connectivity index (χ3v) is 4.54. The van der Waals surface area contributed by atoms with Crippen LogP contribution in [0.3, 0.4) is 0 Å². The number of hydrogen-bond acceptors (Lipinski definition) is 4. The van der Waals surface area contributed by atoms with Crippen molar-refractivity contribution >= 4 is 39.9 Å². The maximum absolute atomic E-state index is 11.3. The molecule has 8 heteroatoms. The molecule has 124 valence electrons. The largest absolute Gasteiger partial charge is 0.497 e. The fraction of sp³-hybridized carbons (Fsp3) is 0.188. The number of aromatic nitrogens is 2. The molecule has 0 spiro atoms. The predicted molar refractivity (Wildman–Crippen MR) is 93.2 cm³/mol. The van der Waals surface area contributed by atoms with Crippen LogP contribution in [0.5, 0.6) is 5.75 Å². The van der Waals surface area contributed by atoms with E-state index in [2.05, 4.69) is 4.98 Å². The van der Waals surface area contributed by atoms with Gasteiger partial charge in [-0.3, -0.25) is 10.1 Å². The molecule has 0 aliphatic rings. The van der Waals surface area contributed by atoms with E-state index in [1.165, 1.54) is 0 Å². The third-order valence-electron chi connectivity index (χ3n) is 3.76. The zero-order chi connectivity index (χ0) is 17.4. The summed E-state index contributed by atoms with van der Waals surface area (Å²) in [6.45, 7) is 2.26. The molecule has 0 amide bonds. The van der Waals surface area contributed by atoms with Crippen molar-refractivity contribution in [1.82, 2.24) is 9.55 Å². The minimum Gasteiger partial charge on any atom is -0.497 e. The minimum absolute atomic E-state index is 0.0970. The fourth-order valence-corrected chi connectivity index (χ4v) is 3.03. The molecule has 0 radical (unpaired) electrons. The number of imidazole rings is 1. The van der Waals surface area contributed by atoms with Crippen molar-refractivity contribution in [2.75, 3.05) is 7.11 Å². The van der Waals surface area contributed by atoms with Crippen LogP contribution in [-0.2, 0) is 6.54 Å². The second kappa shape index (κ2) is 6.30. The Balaban J connectivity index is 2.18. The number of nitro benzene ring substituents is 1. The van der Waals surface area contributed by atoms with Crippen LogP contribution in [0.2, 0.25) is 10.0 Å². The van der Waals surface area contributed by atoms with Crippen LogP contribution in [0.15, 0.2) is 30.3 Å². The van der Waals surface area contributed by atoms with E-state index in [4.69, 9.17) is 27.9 Å². The van der Waals surface area contributed by atoms with Crippen LogP contribution >= 0.6 is 23.2 Å². The molecule has 0 fully saturated rings. The molecule has 0 aliphatic heterocycles. The molecule has 2 aromatic carbocycles. The van der Waals surface area contributed by atoms with Gasteiger partial charge in [-0.2, -0.15) is 0 Å². The highest BCUT2D eigenvalue weighted by atomic mass is 35.5. The number of benzene rings is 2. The highest BCUT2D eigenvalue weighted by Crippen LogP contribution is 2.38. The lowest BCUT2D eigenvalue weighted by Crippen LogP contribution is -2.02. The Labute approximate surface area is 147 Å². The molecule has 3 aromatic rings. The van der Waals surface area contributed by atoms with Crippen molar-refractivity contribution < 1.29 is 9.66 Å². The first kappa shape index (κ1) is 16.5. The molecule has 1 heterocycles. The van der Waals surface area contributed by atoms with Crippen molar-refractivity contribution in [3.8, 4) is 5.75 Å². The van der Waals surface area contributed by atoms with E-state index in [1.807, 2.05) is 28.8 Å². The Hall–Kier alpha value is -2.31. The minimum atomic E-state index is -0.557. The normalized spacial score (nSPS) is 11.0. The molecule has 6 nitrogen and oxygen atoms in total. The first-order valence-electron chi connectivity index (χ1n) is 7.04. The zero-order valence-electron chi connectivity index (χ0n) is 12.9. The lowest BCUT2D eigenvalue weighted by Gasteiger charge is -2.09. The quantitative estimate of drug-likeness (QED) is 0.499. The van der Waals surface area contributed by atoms with Crippen LogP contribution in [0, 0.1) is 17.0 Å². The number of fused-ring (bicyclic) bond motifs is 1. The number of ether oxygens (including phenoxy) is 1. The zero-order valence-corrected chi connectivity index (χ0v) is 14.4. The maximum atomic E-state index is 11.3. The molecule has 0 unspecified atom stereocenters. The van der Waals surface area contributed by atoms with E-state index in [0.717, 1.165) is 11.3 Å². The van der Waals surface area contributed by atoms with Gasteiger partial charge in [0.2, 0.25) is 0 Å². The van der Waals surface area contributed by atoms with Crippen molar-refractivity contribution in [3.63, 3.8) is 0 Å². The number of methoxy groups -OCH3 is 1. The highest BCUT2D eigenvalue weighted by molar-refractivity contribution is 6.44. The van der Waals surface area contributed by atoms with Gasteiger partial charge in [-0.25, -0.2) is 4.98 Å². The number of nitro groups is 1. The Bertz CT molecular complexity index is 953. The average Bonchev–Trinajstić information content (AvgIpc) is 2.84. The summed E-state index contributed by atoms with van der Waals surface area (Å²) in [6.07, 6.45) is 0. The summed E-state index contributed by atoms with van der Waals surface area (Å²) >= 11 is 12.1. The van der Waals surface area contributed by atoms with Gasteiger partial charge in [0.25, 0.3) is 0 Å². The molecule has 1 aromatic heterocycles. The first-order valence-corrected chi connectivity index (χ1v) is 7.80. The molecule has 0 saturated carbocycles. The van der Waals surface area contributed by atoms with Gasteiger partial charge in [0.1, 0.15) is 16.6 Å². The van der Waals surface area contributed by atoms with E-state index in [1.54, 1.807) is 20.1 Å². The Morgan fingerprint density at radius 1 is 1.33 bits per heavy atom. The number of rotatable bonds is 4. The van der Waals surface area contributed by atoms with Gasteiger partial charge >= 0.3 is 5.69 Å². The van der Waals surface area contributed by atoms with Crippen molar-refractivity contribution in [1.29, 1.82) is 0 Å². The summed E-state index contributed by atoms with van der Waals surface area (Å²) in [4.78, 5) is 15.1. The van der Waals surface area contributed by atoms with E-state index >= 15 is 0 Å². The van der Waals surface area contributed by atoms with E-state index in [0.29, 0.717) is 17.9 Å². The molecular weight excluding hydrogens is 353 g/mol. The standard InChI is InChI=1S/C16H13Cl2N3O3/c1-9-19-15-13(7-12(17)14(18)16(15)21(22)23)20(9)8-10-4-3-5-11(6-10)24-2/h3-7H,8H2,1-2H3. The number of halogens is 2. The molecule has 0 bridgehead atoms. The molecule has 0 N–H and O–H groups in total. The number of hydrogen-bond donors (Lipinski definition) is 0. The smallest absolute Gasteiger partial charge is 0.317 e. The summed E-state index contributed by atoms with van der Waals surface area (Å²) in [5, 5.41) is 11.4. The Morgan fingerprint density at radius 3 is 2.75 bits per heavy atom. The first-order chi connectivity index (χ1) is 11.4. The lowest BCUT2D eigenvalue weighted by atomic mass is 10.2. The SMILES string of the molecule is COc1cccc(Cn2c(C)nc3c([N+](=O)[O-])c(Cl)c(Cl)cc32)c1. The van der Waals surface area contributed by atoms with Gasteiger partial charge in [0, 0.05) is 6.54 Å².